The molecule has 1 heterocycles. The van der Waals surface area contributed by atoms with Crippen LogP contribution < -0.4 is 5.32 Å². The second-order valence-corrected chi connectivity index (χ2v) is 7.33. The number of nitrogens with one attached hydrogen (secondary N) is 1. The third kappa shape index (κ3) is 4.46. The first-order valence-electron chi connectivity index (χ1n) is 7.94. The Bertz CT molecular complexity index is 903. The summed E-state index contributed by atoms with van der Waals surface area (Å²) in [5.74, 6) is -2.53. The van der Waals surface area contributed by atoms with Crippen molar-refractivity contribution in [3.8, 4) is 5.69 Å². The zero-order chi connectivity index (χ0) is 19.3. The molecule has 26 heavy (non-hydrogen) atoms. The summed E-state index contributed by atoms with van der Waals surface area (Å²) in [5.41, 5.74) is 0.608. The molecule has 2 aromatic rings. The van der Waals surface area contributed by atoms with Crippen LogP contribution in [0.4, 0.5) is 5.69 Å². The zero-order valence-corrected chi connectivity index (χ0v) is 15.2. The molecular weight excluding hydrogens is 360 g/mol. The van der Waals surface area contributed by atoms with Gasteiger partial charge < -0.3 is 10.4 Å². The summed E-state index contributed by atoms with van der Waals surface area (Å²) in [4.78, 5) is 23.2. The van der Waals surface area contributed by atoms with Gasteiger partial charge in [-0.1, -0.05) is 26.0 Å². The van der Waals surface area contributed by atoms with Crippen molar-refractivity contribution >= 4 is 27.6 Å². The number of amides is 1. The Labute approximate surface area is 151 Å². The number of hydrogen-bond acceptors (Lipinski definition) is 5. The first kappa shape index (κ1) is 19.6. The fraction of sp³-hybridized carbons (Fsp3) is 0.312. The van der Waals surface area contributed by atoms with Gasteiger partial charge in [-0.15, -0.1) is 0 Å². The highest BCUT2D eigenvalue weighted by Crippen LogP contribution is 2.20. The normalized spacial score (nSPS) is 11.5. The van der Waals surface area contributed by atoms with Crippen LogP contribution in [0.15, 0.2) is 36.5 Å². The molecule has 0 saturated carbocycles. The standard InChI is InChI=1S/C16H20N4O5S/c1-3-19(4-2)26(24,25)11-15(21)17-12-7-5-6-8-14(12)20-10-9-13(18-20)16(22)23/h5-10H,3-4,11H2,1-2H3,(H,17,21)(H,22,23). The molecule has 9 nitrogen and oxygen atoms in total. The van der Waals surface area contributed by atoms with Gasteiger partial charge in [0.15, 0.2) is 5.69 Å². The van der Waals surface area contributed by atoms with Crippen molar-refractivity contribution in [2.24, 2.45) is 0 Å². The van der Waals surface area contributed by atoms with Gasteiger partial charge in [0.05, 0.1) is 11.4 Å². The van der Waals surface area contributed by atoms with Crippen LogP contribution in [0, 0.1) is 0 Å². The van der Waals surface area contributed by atoms with Crippen molar-refractivity contribution in [1.29, 1.82) is 0 Å². The molecule has 1 amide bonds. The van der Waals surface area contributed by atoms with Crippen LogP contribution in [0.3, 0.4) is 0 Å². The van der Waals surface area contributed by atoms with Gasteiger partial charge in [-0.2, -0.15) is 5.10 Å². The highest BCUT2D eigenvalue weighted by atomic mass is 32.2. The van der Waals surface area contributed by atoms with E-state index in [0.29, 0.717) is 11.4 Å². The summed E-state index contributed by atoms with van der Waals surface area (Å²) in [6, 6.07) is 7.90. The average Bonchev–Trinajstić information content (AvgIpc) is 3.05. The summed E-state index contributed by atoms with van der Waals surface area (Å²) in [6.07, 6.45) is 1.45. The molecule has 0 atom stereocenters. The second kappa shape index (κ2) is 8.11. The van der Waals surface area contributed by atoms with Crippen molar-refractivity contribution in [3.63, 3.8) is 0 Å². The first-order valence-corrected chi connectivity index (χ1v) is 9.55. The quantitative estimate of drug-likeness (QED) is 0.709. The summed E-state index contributed by atoms with van der Waals surface area (Å²) < 4.78 is 26.9. The van der Waals surface area contributed by atoms with Crippen LogP contribution in [-0.2, 0) is 14.8 Å². The number of hydrogen-bond donors (Lipinski definition) is 2. The molecule has 0 saturated heterocycles. The van der Waals surface area contributed by atoms with E-state index in [1.54, 1.807) is 38.1 Å². The van der Waals surface area contributed by atoms with Crippen molar-refractivity contribution in [2.75, 3.05) is 24.2 Å². The number of carbonyl (C=O) groups excluding carboxylic acids is 1. The summed E-state index contributed by atoms with van der Waals surface area (Å²) in [6.45, 7) is 3.97. The molecule has 0 unspecified atom stereocenters. The number of para-hydroxylation sites is 2. The maximum atomic E-state index is 12.2. The number of rotatable bonds is 8. The highest BCUT2D eigenvalue weighted by molar-refractivity contribution is 7.89. The molecule has 1 aromatic heterocycles. The third-order valence-corrected chi connectivity index (χ3v) is 5.58. The minimum absolute atomic E-state index is 0.143. The lowest BCUT2D eigenvalue weighted by Gasteiger charge is -2.18. The molecule has 0 spiro atoms. The molecule has 0 aliphatic heterocycles. The average molecular weight is 380 g/mol. The molecule has 0 fully saturated rings. The van der Waals surface area contributed by atoms with E-state index in [-0.39, 0.29) is 18.8 Å². The largest absolute Gasteiger partial charge is 0.476 e. The van der Waals surface area contributed by atoms with Gasteiger partial charge in [0.2, 0.25) is 15.9 Å². The van der Waals surface area contributed by atoms with Gasteiger partial charge in [-0.05, 0) is 18.2 Å². The Morgan fingerprint density at radius 2 is 1.85 bits per heavy atom. The van der Waals surface area contributed by atoms with Crippen LogP contribution in [0.1, 0.15) is 24.3 Å². The minimum Gasteiger partial charge on any atom is -0.476 e. The van der Waals surface area contributed by atoms with Crippen LogP contribution in [0.25, 0.3) is 5.69 Å². The minimum atomic E-state index is -3.71. The lowest BCUT2D eigenvalue weighted by molar-refractivity contribution is -0.113. The van der Waals surface area contributed by atoms with Crippen LogP contribution >= 0.6 is 0 Å². The number of aromatic nitrogens is 2. The lowest BCUT2D eigenvalue weighted by Crippen LogP contribution is -2.37. The number of aromatic carboxylic acids is 1. The van der Waals surface area contributed by atoms with E-state index in [1.165, 1.54) is 21.3 Å². The van der Waals surface area contributed by atoms with Gasteiger partial charge >= 0.3 is 5.97 Å². The first-order chi connectivity index (χ1) is 12.3. The van der Waals surface area contributed by atoms with Gasteiger partial charge in [0.1, 0.15) is 5.75 Å². The van der Waals surface area contributed by atoms with Crippen LogP contribution in [-0.4, -0.2) is 58.3 Å². The predicted molar refractivity (Wildman–Crippen MR) is 95.9 cm³/mol. The maximum absolute atomic E-state index is 12.2. The Hall–Kier alpha value is -2.72. The van der Waals surface area contributed by atoms with Crippen LogP contribution in [0.5, 0.6) is 0 Å². The number of benzene rings is 1. The molecule has 0 aliphatic carbocycles. The van der Waals surface area contributed by atoms with Crippen molar-refractivity contribution in [3.05, 3.63) is 42.2 Å². The van der Waals surface area contributed by atoms with Crippen molar-refractivity contribution in [2.45, 2.75) is 13.8 Å². The molecule has 2 N–H and O–H groups in total. The number of sulfonamides is 1. The Morgan fingerprint density at radius 1 is 1.19 bits per heavy atom. The molecule has 140 valence electrons. The van der Waals surface area contributed by atoms with Gasteiger partial charge in [0, 0.05) is 19.3 Å². The fourth-order valence-electron chi connectivity index (χ4n) is 2.41. The van der Waals surface area contributed by atoms with Gasteiger partial charge in [-0.25, -0.2) is 22.2 Å². The monoisotopic (exact) mass is 380 g/mol. The van der Waals surface area contributed by atoms with Crippen molar-refractivity contribution in [1.82, 2.24) is 14.1 Å². The second-order valence-electron chi connectivity index (χ2n) is 5.36. The molecule has 1 aromatic carbocycles. The van der Waals surface area contributed by atoms with E-state index in [4.69, 9.17) is 5.11 Å². The molecule has 10 heteroatoms. The summed E-state index contributed by atoms with van der Waals surface area (Å²) >= 11 is 0. The number of carbonyl (C=O) groups is 2. The van der Waals surface area contributed by atoms with Crippen molar-refractivity contribution < 1.29 is 23.1 Å². The van der Waals surface area contributed by atoms with E-state index in [0.717, 1.165) is 0 Å². The smallest absolute Gasteiger partial charge is 0.356 e. The van der Waals surface area contributed by atoms with Gasteiger partial charge in [-0.3, -0.25) is 4.79 Å². The fourth-order valence-corrected chi connectivity index (χ4v) is 3.78. The van der Waals surface area contributed by atoms with Crippen LogP contribution in [0.2, 0.25) is 0 Å². The Morgan fingerprint density at radius 3 is 2.42 bits per heavy atom. The van der Waals surface area contributed by atoms with E-state index < -0.39 is 27.7 Å². The number of carboxylic acid groups (broad SMARTS) is 1. The number of carboxylic acids is 1. The third-order valence-electron chi connectivity index (χ3n) is 3.65. The summed E-state index contributed by atoms with van der Waals surface area (Å²) in [7, 11) is -3.71. The zero-order valence-electron chi connectivity index (χ0n) is 14.4. The molecule has 0 bridgehead atoms. The molecular formula is C16H20N4O5S. The Balaban J connectivity index is 2.22. The number of nitrogens with zero attached hydrogens (tertiary/aromatic N) is 3. The highest BCUT2D eigenvalue weighted by Gasteiger charge is 2.23. The maximum Gasteiger partial charge on any atom is 0.356 e. The molecule has 0 aliphatic rings. The SMILES string of the molecule is CCN(CC)S(=O)(=O)CC(=O)Nc1ccccc1-n1ccc(C(=O)O)n1. The van der Waals surface area contributed by atoms with E-state index in [1.807, 2.05) is 0 Å². The topological polar surface area (TPSA) is 122 Å². The van der Waals surface area contributed by atoms with E-state index >= 15 is 0 Å². The van der Waals surface area contributed by atoms with Gasteiger partial charge in [0.25, 0.3) is 0 Å². The lowest BCUT2D eigenvalue weighted by atomic mass is 10.2. The summed E-state index contributed by atoms with van der Waals surface area (Å²) in [5, 5.41) is 15.4. The predicted octanol–water partition coefficient (Wildman–Crippen LogP) is 1.18. The van der Waals surface area contributed by atoms with E-state index in [9.17, 15) is 18.0 Å². The Kier molecular flexibility index (Phi) is 6.11. The molecule has 0 radical (unpaired) electrons. The number of anilines is 1. The van der Waals surface area contributed by atoms with E-state index in [2.05, 4.69) is 10.4 Å². The molecule has 2 rings (SSSR count).